The number of sulfone groups is 1. The van der Waals surface area contributed by atoms with Crippen molar-refractivity contribution in [1.82, 2.24) is 9.97 Å². The van der Waals surface area contributed by atoms with Gasteiger partial charge < -0.3 is 10.1 Å². The molecule has 0 amide bonds. The molecule has 0 aromatic carbocycles. The molecule has 0 spiro atoms. The van der Waals surface area contributed by atoms with E-state index < -0.39 is 15.8 Å². The maximum absolute atomic E-state index is 11.4. The van der Waals surface area contributed by atoms with Gasteiger partial charge in [-0.15, -0.1) is 0 Å². The van der Waals surface area contributed by atoms with Crippen LogP contribution in [0, 0.1) is 0 Å². The molecule has 0 aliphatic carbocycles. The van der Waals surface area contributed by atoms with Gasteiger partial charge in [-0.2, -0.15) is 0 Å². The summed E-state index contributed by atoms with van der Waals surface area (Å²) in [5, 5.41) is 8.80. The lowest BCUT2D eigenvalue weighted by molar-refractivity contribution is 0.0690. The van der Waals surface area contributed by atoms with Crippen LogP contribution in [0.5, 0.6) is 0 Å². The Morgan fingerprint density at radius 3 is 2.53 bits per heavy atom. The van der Waals surface area contributed by atoms with Crippen LogP contribution in [0.25, 0.3) is 0 Å². The van der Waals surface area contributed by atoms with Gasteiger partial charge in [-0.1, -0.05) is 6.92 Å². The second-order valence-electron chi connectivity index (χ2n) is 4.66. The molecule has 1 fully saturated rings. The van der Waals surface area contributed by atoms with Gasteiger partial charge in [0, 0.05) is 5.41 Å². The first kappa shape index (κ1) is 12.1. The second-order valence-corrected chi connectivity index (χ2v) is 6.97. The number of nitrogens with zero attached hydrogens (tertiary/aromatic N) is 1. The van der Waals surface area contributed by atoms with Crippen molar-refractivity contribution in [1.29, 1.82) is 0 Å². The molecule has 17 heavy (non-hydrogen) atoms. The molecule has 0 atom stereocenters. The maximum Gasteiger partial charge on any atom is 0.353 e. The average Bonchev–Trinajstić information content (AvgIpc) is 2.73. The SMILES string of the molecule is CC1(c2ncc(C(=O)O)[nH]2)CCS(=O)(=O)CC1. The topological polar surface area (TPSA) is 100 Å². The van der Waals surface area contributed by atoms with Gasteiger partial charge in [0.1, 0.15) is 21.4 Å². The number of hydrogen-bond donors (Lipinski definition) is 2. The summed E-state index contributed by atoms with van der Waals surface area (Å²) in [6, 6.07) is 0. The Bertz CT molecular complexity index is 532. The molecule has 1 aromatic heterocycles. The molecule has 2 rings (SSSR count). The molecule has 7 heteroatoms. The Labute approximate surface area is 99.0 Å². The Hall–Kier alpha value is -1.37. The molecule has 1 saturated heterocycles. The van der Waals surface area contributed by atoms with Crippen LogP contribution in [0.3, 0.4) is 0 Å². The molecular weight excluding hydrogens is 244 g/mol. The third kappa shape index (κ3) is 2.33. The second kappa shape index (κ2) is 3.83. The van der Waals surface area contributed by atoms with Gasteiger partial charge in [0.25, 0.3) is 0 Å². The van der Waals surface area contributed by atoms with E-state index in [4.69, 9.17) is 5.11 Å². The van der Waals surface area contributed by atoms with E-state index in [-0.39, 0.29) is 22.6 Å². The summed E-state index contributed by atoms with van der Waals surface area (Å²) in [4.78, 5) is 17.5. The van der Waals surface area contributed by atoms with Crippen molar-refractivity contribution in [3.05, 3.63) is 17.7 Å². The van der Waals surface area contributed by atoms with Crippen molar-refractivity contribution >= 4 is 15.8 Å². The van der Waals surface area contributed by atoms with Gasteiger partial charge in [0.15, 0.2) is 0 Å². The Balaban J connectivity index is 2.24. The molecule has 0 bridgehead atoms. The number of aromatic amines is 1. The molecule has 0 saturated carbocycles. The molecular formula is C10H14N2O4S. The summed E-state index contributed by atoms with van der Waals surface area (Å²) in [5.74, 6) is -0.236. The largest absolute Gasteiger partial charge is 0.477 e. The van der Waals surface area contributed by atoms with E-state index in [1.54, 1.807) is 0 Å². The number of rotatable bonds is 2. The third-order valence-corrected chi connectivity index (χ3v) is 4.96. The fourth-order valence-electron chi connectivity index (χ4n) is 1.96. The minimum Gasteiger partial charge on any atom is -0.477 e. The normalized spacial score (nSPS) is 22.2. The van der Waals surface area contributed by atoms with Crippen LogP contribution in [0.4, 0.5) is 0 Å². The number of carbonyl (C=O) groups is 1. The predicted octanol–water partition coefficient (Wildman–Crippen LogP) is 0.574. The van der Waals surface area contributed by atoms with E-state index in [1.807, 2.05) is 6.92 Å². The molecule has 1 aliphatic heterocycles. The van der Waals surface area contributed by atoms with E-state index >= 15 is 0 Å². The number of carboxylic acids is 1. The number of imidazole rings is 1. The van der Waals surface area contributed by atoms with Gasteiger partial charge in [-0.25, -0.2) is 18.2 Å². The van der Waals surface area contributed by atoms with E-state index in [0.717, 1.165) is 0 Å². The fourth-order valence-corrected chi connectivity index (χ4v) is 3.69. The van der Waals surface area contributed by atoms with Gasteiger partial charge in [-0.3, -0.25) is 0 Å². The van der Waals surface area contributed by atoms with Crippen molar-refractivity contribution in [2.75, 3.05) is 11.5 Å². The highest BCUT2D eigenvalue weighted by molar-refractivity contribution is 7.91. The number of H-pyrrole nitrogens is 1. The standard InChI is InChI=1S/C10H14N2O4S/c1-10(2-4-17(15,16)5-3-10)9-11-6-7(12-9)8(13)14/h6H,2-5H2,1H3,(H,11,12)(H,13,14). The highest BCUT2D eigenvalue weighted by Crippen LogP contribution is 2.34. The molecule has 94 valence electrons. The Morgan fingerprint density at radius 1 is 1.47 bits per heavy atom. The van der Waals surface area contributed by atoms with Crippen molar-refractivity contribution in [2.24, 2.45) is 0 Å². The molecule has 2 heterocycles. The number of aromatic nitrogens is 2. The fraction of sp³-hybridized carbons (Fsp3) is 0.600. The summed E-state index contributed by atoms with van der Waals surface area (Å²) in [5.41, 5.74) is -0.339. The van der Waals surface area contributed by atoms with Crippen molar-refractivity contribution in [2.45, 2.75) is 25.2 Å². The molecule has 2 N–H and O–H groups in total. The first-order valence-corrected chi connectivity index (χ1v) is 7.14. The monoisotopic (exact) mass is 258 g/mol. The lowest BCUT2D eigenvalue weighted by atomic mass is 9.83. The molecule has 0 radical (unpaired) electrons. The molecule has 1 aromatic rings. The quantitative estimate of drug-likeness (QED) is 0.808. The third-order valence-electron chi connectivity index (χ3n) is 3.31. The average molecular weight is 258 g/mol. The summed E-state index contributed by atoms with van der Waals surface area (Å²) >= 11 is 0. The zero-order chi connectivity index (χ0) is 12.7. The number of carboxylic acid groups (broad SMARTS) is 1. The maximum atomic E-state index is 11.4. The first-order valence-electron chi connectivity index (χ1n) is 5.32. The lowest BCUT2D eigenvalue weighted by Crippen LogP contribution is -2.35. The number of nitrogens with one attached hydrogen (secondary N) is 1. The van der Waals surface area contributed by atoms with Crippen LogP contribution in [0.15, 0.2) is 6.20 Å². The Morgan fingerprint density at radius 2 is 2.06 bits per heavy atom. The van der Waals surface area contributed by atoms with Gasteiger partial charge in [0.05, 0.1) is 17.7 Å². The van der Waals surface area contributed by atoms with Crippen LogP contribution < -0.4 is 0 Å². The minimum absolute atomic E-state index is 0.0367. The summed E-state index contributed by atoms with van der Waals surface area (Å²) in [6.45, 7) is 1.91. The van der Waals surface area contributed by atoms with Crippen LogP contribution in [0.2, 0.25) is 0 Å². The summed E-state index contributed by atoms with van der Waals surface area (Å²) < 4.78 is 22.7. The van der Waals surface area contributed by atoms with Crippen LogP contribution in [-0.2, 0) is 15.3 Å². The smallest absolute Gasteiger partial charge is 0.353 e. The van der Waals surface area contributed by atoms with Gasteiger partial charge >= 0.3 is 5.97 Å². The van der Waals surface area contributed by atoms with Crippen LogP contribution in [-0.4, -0.2) is 41.0 Å². The van der Waals surface area contributed by atoms with Gasteiger partial charge in [0.2, 0.25) is 0 Å². The van der Waals surface area contributed by atoms with Crippen molar-refractivity contribution in [3.63, 3.8) is 0 Å². The minimum atomic E-state index is -2.93. The zero-order valence-electron chi connectivity index (χ0n) is 9.43. The molecule has 6 nitrogen and oxygen atoms in total. The van der Waals surface area contributed by atoms with E-state index in [2.05, 4.69) is 9.97 Å². The summed E-state index contributed by atoms with van der Waals surface area (Å²) in [6.07, 6.45) is 2.22. The van der Waals surface area contributed by atoms with Crippen LogP contribution in [0.1, 0.15) is 36.1 Å². The van der Waals surface area contributed by atoms with Crippen molar-refractivity contribution in [3.8, 4) is 0 Å². The van der Waals surface area contributed by atoms with E-state index in [0.29, 0.717) is 18.7 Å². The van der Waals surface area contributed by atoms with Gasteiger partial charge in [-0.05, 0) is 12.8 Å². The first-order chi connectivity index (χ1) is 7.82. The highest BCUT2D eigenvalue weighted by Gasteiger charge is 2.37. The highest BCUT2D eigenvalue weighted by atomic mass is 32.2. The molecule has 0 unspecified atom stereocenters. The lowest BCUT2D eigenvalue weighted by Gasteiger charge is -2.31. The van der Waals surface area contributed by atoms with Crippen LogP contribution >= 0.6 is 0 Å². The van der Waals surface area contributed by atoms with Crippen molar-refractivity contribution < 1.29 is 18.3 Å². The van der Waals surface area contributed by atoms with E-state index in [1.165, 1.54) is 6.20 Å². The summed E-state index contributed by atoms with van der Waals surface area (Å²) in [7, 11) is -2.93. The predicted molar refractivity (Wildman–Crippen MR) is 60.8 cm³/mol. The van der Waals surface area contributed by atoms with E-state index in [9.17, 15) is 13.2 Å². The number of hydrogen-bond acceptors (Lipinski definition) is 4. The molecule has 1 aliphatic rings. The number of aromatic carboxylic acids is 1. The Kier molecular flexibility index (Phi) is 2.73. The zero-order valence-corrected chi connectivity index (χ0v) is 10.2.